The maximum Gasteiger partial charge on any atom is 0.326 e. The molecular formula is C13H23NO4. The van der Waals surface area contributed by atoms with Crippen LogP contribution in [0.25, 0.3) is 0 Å². The number of nitrogens with one attached hydrogen (secondary N) is 1. The van der Waals surface area contributed by atoms with E-state index in [4.69, 9.17) is 9.47 Å². The third kappa shape index (κ3) is 3.43. The van der Waals surface area contributed by atoms with Crippen molar-refractivity contribution in [2.45, 2.75) is 43.7 Å². The second kappa shape index (κ2) is 5.99. The summed E-state index contributed by atoms with van der Waals surface area (Å²) in [5.41, 5.74) is -0.853. The number of methoxy groups -OCH3 is 1. The minimum absolute atomic E-state index is 0.234. The minimum atomic E-state index is -0.853. The lowest BCUT2D eigenvalue weighted by Gasteiger charge is -2.30. The highest BCUT2D eigenvalue weighted by Gasteiger charge is 2.53. The summed E-state index contributed by atoms with van der Waals surface area (Å²) in [6.07, 6.45) is 4.97. The average Bonchev–Trinajstić information content (AvgIpc) is 3.19. The van der Waals surface area contributed by atoms with Gasteiger partial charge in [-0.05, 0) is 38.0 Å². The van der Waals surface area contributed by atoms with Gasteiger partial charge in [0.15, 0.2) is 0 Å². The fraction of sp³-hybridized carbons (Fsp3) is 0.923. The molecule has 0 aromatic rings. The van der Waals surface area contributed by atoms with Gasteiger partial charge >= 0.3 is 5.97 Å². The molecule has 1 unspecified atom stereocenters. The Morgan fingerprint density at radius 1 is 1.33 bits per heavy atom. The van der Waals surface area contributed by atoms with Crippen LogP contribution in [0.4, 0.5) is 0 Å². The number of carbonyl (C=O) groups is 1. The molecule has 0 heterocycles. The van der Waals surface area contributed by atoms with E-state index < -0.39 is 11.5 Å². The quantitative estimate of drug-likeness (QED) is 0.572. The number of ether oxygens (including phenoxy) is 2. The van der Waals surface area contributed by atoms with Gasteiger partial charge in [0, 0.05) is 26.4 Å². The summed E-state index contributed by atoms with van der Waals surface area (Å²) >= 11 is 0. The Morgan fingerprint density at radius 2 is 2.06 bits per heavy atom. The zero-order valence-corrected chi connectivity index (χ0v) is 11.0. The monoisotopic (exact) mass is 257 g/mol. The normalized spacial score (nSPS) is 22.7. The van der Waals surface area contributed by atoms with Crippen molar-refractivity contribution in [3.63, 3.8) is 0 Å². The van der Waals surface area contributed by atoms with Crippen molar-refractivity contribution in [2.24, 2.45) is 5.92 Å². The summed E-state index contributed by atoms with van der Waals surface area (Å²) in [6, 6.07) is 0.379. The number of aliphatic carboxylic acids is 1. The first-order valence-corrected chi connectivity index (χ1v) is 6.77. The Balaban J connectivity index is 1.84. The van der Waals surface area contributed by atoms with Gasteiger partial charge in [0.05, 0.1) is 6.61 Å². The second-order valence-electron chi connectivity index (χ2n) is 5.37. The smallest absolute Gasteiger partial charge is 0.326 e. The van der Waals surface area contributed by atoms with Crippen LogP contribution < -0.4 is 5.32 Å². The minimum Gasteiger partial charge on any atom is -0.480 e. The zero-order chi connectivity index (χ0) is 13.0. The van der Waals surface area contributed by atoms with Gasteiger partial charge in [-0.1, -0.05) is 0 Å². The second-order valence-corrected chi connectivity index (χ2v) is 5.37. The van der Waals surface area contributed by atoms with Crippen LogP contribution in [0, 0.1) is 5.92 Å². The molecule has 0 aliphatic heterocycles. The molecule has 2 aliphatic carbocycles. The molecule has 0 aromatic heterocycles. The predicted octanol–water partition coefficient (Wildman–Crippen LogP) is 1.02. The summed E-state index contributed by atoms with van der Waals surface area (Å²) in [6.45, 7) is 1.48. The zero-order valence-electron chi connectivity index (χ0n) is 11.0. The fourth-order valence-electron chi connectivity index (χ4n) is 2.28. The molecule has 18 heavy (non-hydrogen) atoms. The highest BCUT2D eigenvalue weighted by molar-refractivity contribution is 5.80. The molecule has 2 N–H and O–H groups in total. The van der Waals surface area contributed by atoms with Crippen LogP contribution in [-0.4, -0.2) is 49.6 Å². The number of hydrogen-bond acceptors (Lipinski definition) is 4. The first kappa shape index (κ1) is 13.8. The van der Waals surface area contributed by atoms with Crippen LogP contribution in [-0.2, 0) is 14.3 Å². The van der Waals surface area contributed by atoms with Gasteiger partial charge in [-0.2, -0.15) is 0 Å². The number of carboxylic acid groups (broad SMARTS) is 1. The summed E-state index contributed by atoms with van der Waals surface area (Å²) in [5.74, 6) is -0.526. The van der Waals surface area contributed by atoms with Gasteiger partial charge in [0.25, 0.3) is 0 Å². The molecule has 0 amide bonds. The Morgan fingerprint density at radius 3 is 2.56 bits per heavy atom. The van der Waals surface area contributed by atoms with Crippen molar-refractivity contribution >= 4 is 5.97 Å². The fourth-order valence-corrected chi connectivity index (χ4v) is 2.28. The van der Waals surface area contributed by atoms with E-state index in [0.717, 1.165) is 32.1 Å². The van der Waals surface area contributed by atoms with E-state index in [0.29, 0.717) is 19.3 Å². The molecule has 0 radical (unpaired) electrons. The molecule has 5 nitrogen and oxygen atoms in total. The van der Waals surface area contributed by atoms with E-state index in [1.165, 1.54) is 0 Å². The van der Waals surface area contributed by atoms with E-state index in [9.17, 15) is 9.90 Å². The van der Waals surface area contributed by atoms with E-state index in [1.54, 1.807) is 7.11 Å². The molecule has 104 valence electrons. The lowest BCUT2D eigenvalue weighted by molar-refractivity contribution is -0.149. The third-order valence-electron chi connectivity index (χ3n) is 3.66. The topological polar surface area (TPSA) is 67.8 Å². The molecule has 0 bridgehead atoms. The first-order chi connectivity index (χ1) is 8.69. The van der Waals surface area contributed by atoms with Gasteiger partial charge in [0.2, 0.25) is 0 Å². The van der Waals surface area contributed by atoms with Gasteiger partial charge in [-0.15, -0.1) is 0 Å². The number of rotatable bonds is 10. The first-order valence-electron chi connectivity index (χ1n) is 6.77. The van der Waals surface area contributed by atoms with Crippen LogP contribution in [0.2, 0.25) is 0 Å². The van der Waals surface area contributed by atoms with Crippen LogP contribution >= 0.6 is 0 Å². The lowest BCUT2D eigenvalue weighted by Crippen LogP contribution is -2.58. The number of hydrogen-bond donors (Lipinski definition) is 2. The van der Waals surface area contributed by atoms with Crippen molar-refractivity contribution in [2.75, 3.05) is 26.9 Å². The summed E-state index contributed by atoms with van der Waals surface area (Å²) in [4.78, 5) is 11.6. The third-order valence-corrected chi connectivity index (χ3v) is 3.66. The molecule has 2 aliphatic rings. The van der Waals surface area contributed by atoms with Crippen LogP contribution in [0.5, 0.6) is 0 Å². The van der Waals surface area contributed by atoms with Crippen LogP contribution in [0.3, 0.4) is 0 Å². The van der Waals surface area contributed by atoms with Crippen molar-refractivity contribution in [1.29, 1.82) is 0 Å². The maximum atomic E-state index is 11.6. The molecule has 2 rings (SSSR count). The van der Waals surface area contributed by atoms with Crippen molar-refractivity contribution < 1.29 is 19.4 Å². The van der Waals surface area contributed by atoms with Gasteiger partial charge < -0.3 is 14.6 Å². The maximum absolute atomic E-state index is 11.6. The van der Waals surface area contributed by atoms with Crippen molar-refractivity contribution in [1.82, 2.24) is 5.32 Å². The molecule has 1 atom stereocenters. The predicted molar refractivity (Wildman–Crippen MR) is 66.6 cm³/mol. The standard InChI is InChI=1S/C13H23NO4/c1-17-7-2-8-18-9-13(12(15)16,10-3-4-10)14-11-5-6-11/h10-11,14H,2-9H2,1H3,(H,15,16). The molecular weight excluding hydrogens is 234 g/mol. The summed E-state index contributed by atoms with van der Waals surface area (Å²) in [5, 5.41) is 12.8. The van der Waals surface area contributed by atoms with Gasteiger partial charge in [-0.3, -0.25) is 10.1 Å². The van der Waals surface area contributed by atoms with Crippen LogP contribution in [0.15, 0.2) is 0 Å². The summed E-state index contributed by atoms with van der Waals surface area (Å²) in [7, 11) is 1.65. The van der Waals surface area contributed by atoms with E-state index in [2.05, 4.69) is 5.32 Å². The van der Waals surface area contributed by atoms with Crippen LogP contribution in [0.1, 0.15) is 32.1 Å². The Hall–Kier alpha value is -0.650. The SMILES string of the molecule is COCCCOCC(NC1CC1)(C(=O)O)C1CC1. The Labute approximate surface area is 108 Å². The molecule has 5 heteroatoms. The van der Waals surface area contributed by atoms with E-state index in [-0.39, 0.29) is 12.5 Å². The molecule has 2 fully saturated rings. The van der Waals surface area contributed by atoms with E-state index >= 15 is 0 Å². The Bertz CT molecular complexity index is 289. The van der Waals surface area contributed by atoms with Gasteiger partial charge in [-0.25, -0.2) is 0 Å². The van der Waals surface area contributed by atoms with Crippen molar-refractivity contribution in [3.05, 3.63) is 0 Å². The Kier molecular flexibility index (Phi) is 4.59. The molecule has 0 spiro atoms. The highest BCUT2D eigenvalue weighted by Crippen LogP contribution is 2.42. The highest BCUT2D eigenvalue weighted by atomic mass is 16.5. The summed E-state index contributed by atoms with van der Waals surface area (Å²) < 4.78 is 10.5. The average molecular weight is 257 g/mol. The van der Waals surface area contributed by atoms with E-state index in [1.807, 2.05) is 0 Å². The molecule has 0 saturated heterocycles. The largest absolute Gasteiger partial charge is 0.480 e. The molecule has 2 saturated carbocycles. The van der Waals surface area contributed by atoms with Crippen molar-refractivity contribution in [3.8, 4) is 0 Å². The lowest BCUT2D eigenvalue weighted by atomic mass is 9.94. The number of carboxylic acids is 1. The molecule has 0 aromatic carbocycles. The van der Waals surface area contributed by atoms with Gasteiger partial charge in [0.1, 0.15) is 5.54 Å².